The van der Waals surface area contributed by atoms with E-state index in [-0.39, 0.29) is 18.1 Å². The Labute approximate surface area is 131 Å². The predicted molar refractivity (Wildman–Crippen MR) is 77.5 cm³/mol. The molecule has 116 valence electrons. The molecule has 4 rings (SSSR count). The van der Waals surface area contributed by atoms with E-state index in [9.17, 15) is 4.79 Å². The van der Waals surface area contributed by atoms with Crippen molar-refractivity contribution in [3.63, 3.8) is 0 Å². The van der Waals surface area contributed by atoms with Crippen molar-refractivity contribution in [2.24, 2.45) is 5.92 Å². The Morgan fingerprint density at radius 3 is 3.09 bits per heavy atom. The first-order valence-electron chi connectivity index (χ1n) is 7.31. The van der Waals surface area contributed by atoms with Gasteiger partial charge in [-0.3, -0.25) is 4.79 Å². The first-order valence-corrected chi connectivity index (χ1v) is 8.25. The molecule has 4 heterocycles. The van der Waals surface area contributed by atoms with Gasteiger partial charge in [-0.15, -0.1) is 11.3 Å². The fourth-order valence-corrected chi connectivity index (χ4v) is 3.78. The second kappa shape index (κ2) is 5.44. The minimum atomic E-state index is 0.00308. The number of fused-ring (bicyclic) bond motifs is 1. The monoisotopic (exact) mass is 320 g/mol. The van der Waals surface area contributed by atoms with Crippen LogP contribution < -0.4 is 0 Å². The summed E-state index contributed by atoms with van der Waals surface area (Å²) >= 11 is 1.44. The fraction of sp³-hybridized carbons (Fsp3) is 0.571. The number of aryl methyl sites for hydroxylation is 1. The Bertz CT molecular complexity index is 657. The van der Waals surface area contributed by atoms with Crippen molar-refractivity contribution in [1.82, 2.24) is 20.0 Å². The number of nitrogens with zero attached hydrogens (tertiary/aromatic N) is 4. The van der Waals surface area contributed by atoms with Crippen molar-refractivity contribution in [2.45, 2.75) is 32.0 Å². The number of carbonyl (C=O) groups excluding carboxylic acids is 1. The summed E-state index contributed by atoms with van der Waals surface area (Å²) in [5.74, 6) is 1.66. The van der Waals surface area contributed by atoms with Gasteiger partial charge in [-0.25, -0.2) is 4.98 Å². The Kier molecular flexibility index (Phi) is 3.42. The molecule has 8 heteroatoms. The SMILES string of the molecule is Cc1noc(C[C@@H]2C[C@H]3CN(C(=O)c4cscn4)C[C@H]3O2)n1. The molecule has 0 spiro atoms. The summed E-state index contributed by atoms with van der Waals surface area (Å²) in [6.45, 7) is 3.18. The van der Waals surface area contributed by atoms with E-state index in [1.165, 1.54) is 11.3 Å². The number of likely N-dealkylation sites (tertiary alicyclic amines) is 1. The molecule has 22 heavy (non-hydrogen) atoms. The second-order valence-corrected chi connectivity index (χ2v) is 6.53. The molecule has 0 bridgehead atoms. The predicted octanol–water partition coefficient (Wildman–Crippen LogP) is 1.31. The van der Waals surface area contributed by atoms with Crippen LogP contribution in [0.5, 0.6) is 0 Å². The molecule has 0 radical (unpaired) electrons. The normalized spacial score (nSPS) is 27.3. The van der Waals surface area contributed by atoms with Gasteiger partial charge in [0.2, 0.25) is 5.89 Å². The van der Waals surface area contributed by atoms with E-state index in [1.807, 2.05) is 4.90 Å². The van der Waals surface area contributed by atoms with Crippen LogP contribution in [0.2, 0.25) is 0 Å². The molecular weight excluding hydrogens is 304 g/mol. The number of thiazole rings is 1. The Morgan fingerprint density at radius 2 is 2.41 bits per heavy atom. The third-order valence-corrected chi connectivity index (χ3v) is 4.81. The third-order valence-electron chi connectivity index (χ3n) is 4.22. The van der Waals surface area contributed by atoms with Gasteiger partial charge in [0.15, 0.2) is 5.82 Å². The van der Waals surface area contributed by atoms with E-state index in [2.05, 4.69) is 15.1 Å². The molecule has 0 unspecified atom stereocenters. The second-order valence-electron chi connectivity index (χ2n) is 5.82. The van der Waals surface area contributed by atoms with E-state index in [1.54, 1.807) is 17.8 Å². The van der Waals surface area contributed by atoms with Gasteiger partial charge >= 0.3 is 0 Å². The molecule has 7 nitrogen and oxygen atoms in total. The Hall–Kier alpha value is -1.80. The standard InChI is InChI=1S/C14H16N4O3S/c1-8-16-13(21-17-8)3-10-2-9-4-18(5-12(9)20-10)14(19)11-6-22-7-15-11/h6-7,9-10,12H,2-5H2,1H3/t9-,10-,12+/m0/s1. The van der Waals surface area contributed by atoms with E-state index < -0.39 is 0 Å². The molecular formula is C14H16N4O3S. The van der Waals surface area contributed by atoms with Gasteiger partial charge in [0, 0.05) is 24.4 Å². The van der Waals surface area contributed by atoms with Crippen molar-refractivity contribution in [3.8, 4) is 0 Å². The maximum Gasteiger partial charge on any atom is 0.273 e. The van der Waals surface area contributed by atoms with Crippen LogP contribution in [0.4, 0.5) is 0 Å². The van der Waals surface area contributed by atoms with Crippen LogP contribution in [0, 0.1) is 12.8 Å². The van der Waals surface area contributed by atoms with Crippen LogP contribution in [0.3, 0.4) is 0 Å². The molecule has 0 saturated carbocycles. The van der Waals surface area contributed by atoms with Gasteiger partial charge in [-0.2, -0.15) is 4.98 Å². The zero-order chi connectivity index (χ0) is 15.1. The number of amides is 1. The lowest BCUT2D eigenvalue weighted by atomic mass is 10.0. The molecule has 2 saturated heterocycles. The van der Waals surface area contributed by atoms with Crippen molar-refractivity contribution in [2.75, 3.05) is 13.1 Å². The Balaban J connectivity index is 1.35. The Morgan fingerprint density at radius 1 is 1.50 bits per heavy atom. The lowest BCUT2D eigenvalue weighted by molar-refractivity contribution is 0.0329. The molecule has 2 aromatic heterocycles. The van der Waals surface area contributed by atoms with Crippen LogP contribution in [-0.4, -0.2) is 51.2 Å². The molecule has 2 aromatic rings. The summed E-state index contributed by atoms with van der Waals surface area (Å²) in [4.78, 5) is 22.4. The van der Waals surface area contributed by atoms with Crippen LogP contribution >= 0.6 is 11.3 Å². The fourth-order valence-electron chi connectivity index (χ4n) is 3.26. The molecule has 3 atom stereocenters. The highest BCUT2D eigenvalue weighted by Gasteiger charge is 2.44. The number of aromatic nitrogens is 3. The average Bonchev–Trinajstić information content (AvgIpc) is 3.21. The van der Waals surface area contributed by atoms with Gasteiger partial charge in [0.05, 0.1) is 24.1 Å². The van der Waals surface area contributed by atoms with Gasteiger partial charge < -0.3 is 14.2 Å². The van der Waals surface area contributed by atoms with E-state index in [4.69, 9.17) is 9.26 Å². The summed E-state index contributed by atoms with van der Waals surface area (Å²) in [5.41, 5.74) is 2.21. The maximum absolute atomic E-state index is 12.3. The van der Waals surface area contributed by atoms with Gasteiger partial charge in [-0.1, -0.05) is 5.16 Å². The van der Waals surface area contributed by atoms with E-state index in [0.717, 1.165) is 13.0 Å². The number of rotatable bonds is 3. The van der Waals surface area contributed by atoms with Crippen LogP contribution in [0.15, 0.2) is 15.4 Å². The first kappa shape index (κ1) is 13.8. The van der Waals surface area contributed by atoms with Crippen molar-refractivity contribution in [1.29, 1.82) is 0 Å². The summed E-state index contributed by atoms with van der Waals surface area (Å²) in [6, 6.07) is 0. The van der Waals surface area contributed by atoms with Gasteiger partial charge in [0.25, 0.3) is 5.91 Å². The number of hydrogen-bond acceptors (Lipinski definition) is 7. The number of hydrogen-bond donors (Lipinski definition) is 0. The average molecular weight is 320 g/mol. The highest BCUT2D eigenvalue weighted by atomic mass is 32.1. The smallest absolute Gasteiger partial charge is 0.273 e. The van der Waals surface area contributed by atoms with Gasteiger partial charge in [-0.05, 0) is 13.3 Å². The van der Waals surface area contributed by atoms with Gasteiger partial charge in [0.1, 0.15) is 5.69 Å². The topological polar surface area (TPSA) is 81.4 Å². The number of carbonyl (C=O) groups is 1. The summed E-state index contributed by atoms with van der Waals surface area (Å²) < 4.78 is 11.2. The van der Waals surface area contributed by atoms with Crippen LogP contribution in [0.25, 0.3) is 0 Å². The molecule has 0 aliphatic carbocycles. The molecule has 2 aliphatic rings. The molecule has 2 fully saturated rings. The third kappa shape index (κ3) is 2.52. The lowest BCUT2D eigenvalue weighted by Crippen LogP contribution is -2.31. The highest BCUT2D eigenvalue weighted by Crippen LogP contribution is 2.34. The highest BCUT2D eigenvalue weighted by molar-refractivity contribution is 7.07. The quantitative estimate of drug-likeness (QED) is 0.848. The lowest BCUT2D eigenvalue weighted by Gasteiger charge is -2.18. The van der Waals surface area contributed by atoms with E-state index in [0.29, 0.717) is 36.3 Å². The zero-order valence-corrected chi connectivity index (χ0v) is 13.0. The molecule has 1 amide bonds. The molecule has 2 aliphatic heterocycles. The van der Waals surface area contributed by atoms with E-state index >= 15 is 0 Å². The van der Waals surface area contributed by atoms with Crippen LogP contribution in [0.1, 0.15) is 28.6 Å². The first-order chi connectivity index (χ1) is 10.7. The van der Waals surface area contributed by atoms with Crippen molar-refractivity contribution < 1.29 is 14.1 Å². The summed E-state index contributed by atoms with van der Waals surface area (Å²) in [7, 11) is 0. The minimum absolute atomic E-state index is 0.00308. The van der Waals surface area contributed by atoms with Crippen molar-refractivity contribution in [3.05, 3.63) is 28.3 Å². The van der Waals surface area contributed by atoms with Crippen molar-refractivity contribution >= 4 is 17.2 Å². The summed E-state index contributed by atoms with van der Waals surface area (Å²) in [5, 5.41) is 5.58. The zero-order valence-electron chi connectivity index (χ0n) is 12.1. The molecule has 0 aromatic carbocycles. The maximum atomic E-state index is 12.3. The number of ether oxygens (including phenoxy) is 1. The molecule has 0 N–H and O–H groups in total. The minimum Gasteiger partial charge on any atom is -0.372 e. The largest absolute Gasteiger partial charge is 0.372 e. The van der Waals surface area contributed by atoms with Crippen LogP contribution in [-0.2, 0) is 11.2 Å². The summed E-state index contributed by atoms with van der Waals surface area (Å²) in [6.07, 6.45) is 1.78.